The van der Waals surface area contributed by atoms with Gasteiger partial charge in [0.1, 0.15) is 0 Å². The quantitative estimate of drug-likeness (QED) is 0.175. The van der Waals surface area contributed by atoms with Crippen LogP contribution in [-0.4, -0.2) is 41.3 Å². The summed E-state index contributed by atoms with van der Waals surface area (Å²) in [5, 5.41) is 17.8. The van der Waals surface area contributed by atoms with Crippen molar-refractivity contribution in [2.75, 3.05) is 0 Å². The molecular formula is C4H12MnO12P2. The van der Waals surface area contributed by atoms with Gasteiger partial charge in [0.15, 0.2) is 0 Å². The van der Waals surface area contributed by atoms with Crippen molar-refractivity contribution < 1.29 is 75.4 Å². The average molecular weight is 369 g/mol. The Kier molecular flexibility index (Phi) is 25.8. The molecule has 15 heteroatoms. The van der Waals surface area contributed by atoms with Gasteiger partial charge in [0, 0.05) is 11.9 Å². The topological polar surface area (TPSA) is 236 Å². The van der Waals surface area contributed by atoms with Crippen LogP contribution in [0.2, 0.25) is 0 Å². The molecule has 0 aliphatic heterocycles. The van der Waals surface area contributed by atoms with Crippen LogP contribution >= 0.6 is 15.6 Å². The maximum atomic E-state index is 8.89. The molecule has 0 saturated carbocycles. The molecule has 0 spiro atoms. The van der Waals surface area contributed by atoms with E-state index in [-0.39, 0.29) is 17.1 Å². The van der Waals surface area contributed by atoms with Crippen molar-refractivity contribution in [2.24, 2.45) is 0 Å². The predicted octanol–water partition coefficient (Wildman–Crippen LogP) is -4.35. The van der Waals surface area contributed by atoms with Crippen LogP contribution in [0.1, 0.15) is 13.8 Å². The van der Waals surface area contributed by atoms with Gasteiger partial charge in [-0.15, -0.1) is 0 Å². The minimum atomic E-state index is -4.64. The van der Waals surface area contributed by atoms with E-state index < -0.39 is 27.6 Å². The van der Waals surface area contributed by atoms with E-state index >= 15 is 0 Å². The second kappa shape index (κ2) is 15.7. The predicted molar refractivity (Wildman–Crippen MR) is 49.9 cm³/mol. The van der Waals surface area contributed by atoms with Gasteiger partial charge < -0.3 is 49.2 Å². The van der Waals surface area contributed by atoms with Crippen molar-refractivity contribution >= 4 is 27.6 Å². The monoisotopic (exact) mass is 369 g/mol. The van der Waals surface area contributed by atoms with Gasteiger partial charge in [-0.25, -0.2) is 9.13 Å². The Balaban J connectivity index is -0.0000000453. The molecule has 0 saturated heterocycles. The van der Waals surface area contributed by atoms with Crippen molar-refractivity contribution in [3.8, 4) is 0 Å². The van der Waals surface area contributed by atoms with Gasteiger partial charge in [-0.2, -0.15) is 0 Å². The summed E-state index contributed by atoms with van der Waals surface area (Å²) in [6.45, 7) is 1.94. The summed E-state index contributed by atoms with van der Waals surface area (Å²) < 4.78 is 17.8. The third kappa shape index (κ3) is 42300. The first kappa shape index (κ1) is 31.2. The maximum Gasteiger partial charge on any atom is 2.00 e. The van der Waals surface area contributed by atoms with E-state index in [2.05, 4.69) is 0 Å². The summed E-state index contributed by atoms with van der Waals surface area (Å²) in [6.07, 6.45) is 0. The minimum absolute atomic E-state index is 0. The molecule has 19 heavy (non-hydrogen) atoms. The van der Waals surface area contributed by atoms with Gasteiger partial charge in [-0.3, -0.25) is 0 Å². The van der Waals surface area contributed by atoms with E-state index in [4.69, 9.17) is 58.3 Å². The molecule has 0 unspecified atom stereocenters. The van der Waals surface area contributed by atoms with Crippen LogP contribution in [0, 0.1) is 0 Å². The maximum absolute atomic E-state index is 8.89. The first-order valence-electron chi connectivity index (χ1n) is 3.38. The Morgan fingerprint density at radius 3 is 0.737 bits per heavy atom. The van der Waals surface area contributed by atoms with Crippen molar-refractivity contribution in [1.82, 2.24) is 0 Å². The molecule has 117 valence electrons. The van der Waals surface area contributed by atoms with Crippen LogP contribution in [0.15, 0.2) is 0 Å². The number of phosphoric acid groups is 2. The van der Waals surface area contributed by atoms with Gasteiger partial charge >= 0.3 is 32.7 Å². The van der Waals surface area contributed by atoms with Crippen LogP contribution in [0.25, 0.3) is 0 Å². The van der Waals surface area contributed by atoms with Gasteiger partial charge in [0.05, 0.1) is 0 Å². The Morgan fingerprint density at radius 1 is 0.737 bits per heavy atom. The van der Waals surface area contributed by atoms with Crippen LogP contribution in [0.5, 0.6) is 0 Å². The van der Waals surface area contributed by atoms with Crippen LogP contribution in [-0.2, 0) is 35.8 Å². The summed E-state index contributed by atoms with van der Waals surface area (Å²) in [5.74, 6) is -2.17. The number of carboxylic acid groups (broad SMARTS) is 2. The van der Waals surface area contributed by atoms with E-state index in [1.165, 1.54) is 0 Å². The van der Waals surface area contributed by atoms with Crippen molar-refractivity contribution in [2.45, 2.75) is 13.8 Å². The van der Waals surface area contributed by atoms with Crippen molar-refractivity contribution in [1.29, 1.82) is 0 Å². The third-order valence-electron chi connectivity index (χ3n) is 0. The summed E-state index contributed by atoms with van der Waals surface area (Å²) in [6, 6.07) is 0. The molecule has 0 aromatic heterocycles. The third-order valence-corrected chi connectivity index (χ3v) is 0. The van der Waals surface area contributed by atoms with Crippen molar-refractivity contribution in [3.05, 3.63) is 0 Å². The zero-order valence-corrected chi connectivity index (χ0v) is 12.4. The molecule has 0 aliphatic carbocycles. The van der Waals surface area contributed by atoms with E-state index in [1.807, 2.05) is 0 Å². The zero-order chi connectivity index (χ0) is 16.2. The molecule has 0 bridgehead atoms. The molecule has 0 aromatic carbocycles. The Hall–Kier alpha value is -0.321. The number of carboxylic acids is 2. The van der Waals surface area contributed by atoms with E-state index in [1.54, 1.807) is 0 Å². The number of hydrogen-bond donors (Lipinski definition) is 6. The second-order valence-electron chi connectivity index (χ2n) is 2.01. The summed E-state index contributed by atoms with van der Waals surface area (Å²) in [7, 11) is -9.28. The summed E-state index contributed by atoms with van der Waals surface area (Å²) >= 11 is 0. The molecule has 0 rings (SSSR count). The fourth-order valence-electron chi connectivity index (χ4n) is 0. The summed E-state index contributed by atoms with van der Waals surface area (Å²) in [4.78, 5) is 60.9. The second-order valence-corrected chi connectivity index (χ2v) is 4.06. The van der Waals surface area contributed by atoms with E-state index in [9.17, 15) is 0 Å². The first-order chi connectivity index (χ1) is 7.46. The van der Waals surface area contributed by atoms with Gasteiger partial charge in [-0.1, -0.05) is 0 Å². The molecule has 0 fully saturated rings. The SMILES string of the molecule is CC(=O)[O-].CC(=O)[O-].O=P(O)(O)O.O=P(O)(O)O.[Mn+2]. The first-order valence-corrected chi connectivity index (χ1v) is 6.51. The average Bonchev–Trinajstić information content (AvgIpc) is 1.70. The van der Waals surface area contributed by atoms with Crippen LogP contribution in [0.3, 0.4) is 0 Å². The van der Waals surface area contributed by atoms with Gasteiger partial charge in [0.25, 0.3) is 0 Å². The number of rotatable bonds is 0. The molecule has 0 heterocycles. The Morgan fingerprint density at radius 2 is 0.737 bits per heavy atom. The number of hydrogen-bond acceptors (Lipinski definition) is 6. The van der Waals surface area contributed by atoms with Crippen molar-refractivity contribution in [3.63, 3.8) is 0 Å². The molecule has 6 N–H and O–H groups in total. The molecule has 0 amide bonds. The standard InChI is InChI=1S/2C2H4O2.Mn.2H3O4P/c2*1-2(3)4;;2*1-5(2,3)4/h2*1H3,(H,3,4);;2*(H3,1,2,3,4)/q;;+2;;/p-2. The molecule has 0 aromatic rings. The van der Waals surface area contributed by atoms with E-state index in [0.717, 1.165) is 13.8 Å². The smallest absolute Gasteiger partial charge is 0.550 e. The van der Waals surface area contributed by atoms with Gasteiger partial charge in [-0.05, 0) is 13.8 Å². The van der Waals surface area contributed by atoms with Crippen LogP contribution < -0.4 is 10.2 Å². The molecule has 12 nitrogen and oxygen atoms in total. The van der Waals surface area contributed by atoms with E-state index in [0.29, 0.717) is 0 Å². The normalized spacial score (nSPS) is 8.84. The summed E-state index contributed by atoms with van der Waals surface area (Å²) in [5.41, 5.74) is 0. The molecule has 0 aliphatic rings. The number of carbonyl (C=O) groups is 2. The molecule has 0 atom stereocenters. The Labute approximate surface area is 117 Å². The molecular weight excluding hydrogens is 357 g/mol. The Bertz CT molecular complexity index is 259. The molecule has 1 radical (unpaired) electrons. The fourth-order valence-corrected chi connectivity index (χ4v) is 0. The zero-order valence-electron chi connectivity index (χ0n) is 9.41. The van der Waals surface area contributed by atoms with Crippen LogP contribution in [0.4, 0.5) is 0 Å². The van der Waals surface area contributed by atoms with Gasteiger partial charge in [0.2, 0.25) is 0 Å². The largest absolute Gasteiger partial charge is 2.00 e. The minimum Gasteiger partial charge on any atom is -0.550 e. The number of aliphatic carboxylic acids is 2. The number of carbonyl (C=O) groups excluding carboxylic acids is 2. The fraction of sp³-hybridized carbons (Fsp3) is 0.500.